The molecule has 2 aromatic carbocycles. The smallest absolute Gasteiger partial charge is 0.295 e. The number of methoxy groups -OCH3 is 1. The van der Waals surface area contributed by atoms with Gasteiger partial charge in [-0.15, -0.1) is 0 Å². The van der Waals surface area contributed by atoms with Gasteiger partial charge in [-0.2, -0.15) is 0 Å². The number of carbonyl (C=O) groups is 2. The first-order chi connectivity index (χ1) is 17.0. The van der Waals surface area contributed by atoms with Gasteiger partial charge in [0.05, 0.1) is 25.1 Å². The molecular formula is C27H27N3O5. The van der Waals surface area contributed by atoms with Crippen molar-refractivity contribution in [1.29, 1.82) is 0 Å². The molecule has 1 saturated heterocycles. The number of amides is 1. The topological polar surface area (TPSA) is 93.9 Å². The number of Topliss-reactive ketones (excluding diaryl/α,β-unsaturated/α-hetero) is 1. The molecule has 0 unspecified atom stereocenters. The third-order valence-electron chi connectivity index (χ3n) is 6.49. The molecule has 3 heterocycles. The Kier molecular flexibility index (Phi) is 6.03. The van der Waals surface area contributed by atoms with Crippen molar-refractivity contribution in [1.82, 2.24) is 14.5 Å². The number of hydrogen-bond acceptors (Lipinski definition) is 6. The van der Waals surface area contributed by atoms with Crippen LogP contribution in [0.4, 0.5) is 0 Å². The molecule has 2 aliphatic rings. The first-order valence-electron chi connectivity index (χ1n) is 11.6. The van der Waals surface area contributed by atoms with Crippen LogP contribution < -0.4 is 9.47 Å². The van der Waals surface area contributed by atoms with Crippen LogP contribution in [0.2, 0.25) is 0 Å². The second kappa shape index (κ2) is 9.29. The van der Waals surface area contributed by atoms with Gasteiger partial charge < -0.3 is 24.0 Å². The lowest BCUT2D eigenvalue weighted by Gasteiger charge is -2.25. The zero-order valence-electron chi connectivity index (χ0n) is 19.7. The number of ether oxygens (including phenoxy) is 2. The maximum absolute atomic E-state index is 13.3. The van der Waals surface area contributed by atoms with Gasteiger partial charge in [-0.1, -0.05) is 12.1 Å². The molecule has 0 aliphatic carbocycles. The van der Waals surface area contributed by atoms with Crippen LogP contribution in [0, 0.1) is 0 Å². The molecule has 0 bridgehead atoms. The van der Waals surface area contributed by atoms with Gasteiger partial charge in [-0.05, 0) is 54.8 Å². The number of aliphatic hydroxyl groups excluding tert-OH is 1. The Morgan fingerprint density at radius 1 is 1.20 bits per heavy atom. The molecule has 1 N–H and O–H groups in total. The van der Waals surface area contributed by atoms with Gasteiger partial charge in [0.1, 0.15) is 23.4 Å². The minimum Gasteiger partial charge on any atom is -0.507 e. The summed E-state index contributed by atoms with van der Waals surface area (Å²) < 4.78 is 13.1. The molecule has 0 spiro atoms. The van der Waals surface area contributed by atoms with E-state index in [0.29, 0.717) is 36.4 Å². The highest BCUT2D eigenvalue weighted by Crippen LogP contribution is 2.41. The average Bonchev–Trinajstić information content (AvgIpc) is 3.57. The van der Waals surface area contributed by atoms with Gasteiger partial charge in [0.15, 0.2) is 0 Å². The number of carbonyl (C=O) groups excluding carboxylic acids is 2. The van der Waals surface area contributed by atoms with Crippen molar-refractivity contribution in [3.05, 3.63) is 83.4 Å². The van der Waals surface area contributed by atoms with E-state index in [-0.39, 0.29) is 17.4 Å². The molecule has 3 aromatic rings. The zero-order valence-corrected chi connectivity index (χ0v) is 19.7. The Morgan fingerprint density at radius 2 is 2.06 bits per heavy atom. The number of benzene rings is 2. The molecule has 0 radical (unpaired) electrons. The fraction of sp³-hybridized carbons (Fsp3) is 0.296. The molecule has 1 aromatic heterocycles. The molecule has 5 rings (SSSR count). The number of hydrogen-bond donors (Lipinski definition) is 1. The van der Waals surface area contributed by atoms with Crippen LogP contribution in [-0.4, -0.2) is 51.0 Å². The van der Waals surface area contributed by atoms with E-state index < -0.39 is 17.7 Å². The zero-order chi connectivity index (χ0) is 24.5. The van der Waals surface area contributed by atoms with E-state index in [9.17, 15) is 14.7 Å². The summed E-state index contributed by atoms with van der Waals surface area (Å²) >= 11 is 0. The Hall–Kier alpha value is -4.07. The summed E-state index contributed by atoms with van der Waals surface area (Å²) in [7, 11) is 1.56. The highest BCUT2D eigenvalue weighted by molar-refractivity contribution is 6.46. The highest BCUT2D eigenvalue weighted by Gasteiger charge is 2.46. The van der Waals surface area contributed by atoms with Crippen LogP contribution in [0.1, 0.15) is 36.1 Å². The number of likely N-dealkylation sites (tertiary alicyclic amines) is 1. The minimum atomic E-state index is -0.726. The molecule has 180 valence electrons. The number of ketones is 1. The number of aliphatic hydroxyl groups is 1. The fourth-order valence-electron chi connectivity index (χ4n) is 4.84. The van der Waals surface area contributed by atoms with Crippen molar-refractivity contribution in [3.63, 3.8) is 0 Å². The van der Waals surface area contributed by atoms with Crippen LogP contribution in [0.15, 0.2) is 66.8 Å². The molecule has 1 amide bonds. The molecule has 1 fully saturated rings. The van der Waals surface area contributed by atoms with Crippen molar-refractivity contribution >= 4 is 17.4 Å². The van der Waals surface area contributed by atoms with E-state index in [1.165, 1.54) is 4.90 Å². The van der Waals surface area contributed by atoms with Crippen LogP contribution in [0.5, 0.6) is 11.5 Å². The van der Waals surface area contributed by atoms with Gasteiger partial charge in [-0.3, -0.25) is 9.59 Å². The first kappa shape index (κ1) is 22.7. The standard InChI is InChI=1S/C27H27N3O5/c1-17-13-20-14-19(7-8-22(20)35-17)25(31)23-24(18-5-3-6-21(15-18)34-2)30(27(33)26(23)32)11-4-10-29-12-9-28-16-29/h3,5-9,12,14-17,24,31H,4,10-11,13H2,1-2H3/t17-,24+/m0/s1. The van der Waals surface area contributed by atoms with Gasteiger partial charge >= 0.3 is 0 Å². The van der Waals surface area contributed by atoms with Crippen molar-refractivity contribution in [2.24, 2.45) is 0 Å². The number of aromatic nitrogens is 2. The van der Waals surface area contributed by atoms with E-state index in [1.54, 1.807) is 43.9 Å². The third-order valence-corrected chi connectivity index (χ3v) is 6.49. The lowest BCUT2D eigenvalue weighted by molar-refractivity contribution is -0.139. The number of fused-ring (bicyclic) bond motifs is 1. The van der Waals surface area contributed by atoms with Crippen LogP contribution >= 0.6 is 0 Å². The number of imidazole rings is 1. The predicted octanol–water partition coefficient (Wildman–Crippen LogP) is 3.73. The molecule has 8 nitrogen and oxygen atoms in total. The Bertz CT molecular complexity index is 1300. The monoisotopic (exact) mass is 473 g/mol. The Morgan fingerprint density at radius 3 is 2.83 bits per heavy atom. The van der Waals surface area contributed by atoms with Crippen molar-refractivity contribution in [2.75, 3.05) is 13.7 Å². The summed E-state index contributed by atoms with van der Waals surface area (Å²) in [4.78, 5) is 32.0. The summed E-state index contributed by atoms with van der Waals surface area (Å²) in [6.07, 6.45) is 6.67. The summed E-state index contributed by atoms with van der Waals surface area (Å²) in [6, 6.07) is 11.9. The normalized spacial score (nSPS) is 20.7. The first-order valence-corrected chi connectivity index (χ1v) is 11.6. The lowest BCUT2D eigenvalue weighted by atomic mass is 9.94. The number of rotatable bonds is 7. The van der Waals surface area contributed by atoms with Gasteiger partial charge in [0, 0.05) is 37.5 Å². The molecule has 35 heavy (non-hydrogen) atoms. The van der Waals surface area contributed by atoms with Crippen molar-refractivity contribution < 1.29 is 24.2 Å². The number of aryl methyl sites for hydroxylation is 1. The van der Waals surface area contributed by atoms with E-state index >= 15 is 0 Å². The molecule has 2 atom stereocenters. The average molecular weight is 474 g/mol. The quantitative estimate of drug-likeness (QED) is 0.319. The maximum atomic E-state index is 13.3. The Balaban J connectivity index is 1.54. The molecule has 2 aliphatic heterocycles. The summed E-state index contributed by atoms with van der Waals surface area (Å²) in [6.45, 7) is 2.98. The van der Waals surface area contributed by atoms with Crippen molar-refractivity contribution in [2.45, 2.75) is 38.5 Å². The van der Waals surface area contributed by atoms with E-state index in [0.717, 1.165) is 17.7 Å². The lowest BCUT2D eigenvalue weighted by Crippen LogP contribution is -2.31. The largest absolute Gasteiger partial charge is 0.507 e. The Labute approximate surface area is 203 Å². The second-order valence-corrected chi connectivity index (χ2v) is 8.88. The molecular weight excluding hydrogens is 446 g/mol. The van der Waals surface area contributed by atoms with Gasteiger partial charge in [-0.25, -0.2) is 4.98 Å². The highest BCUT2D eigenvalue weighted by atomic mass is 16.5. The summed E-state index contributed by atoms with van der Waals surface area (Å²) in [5.74, 6) is -0.115. The van der Waals surface area contributed by atoms with Gasteiger partial charge in [0.25, 0.3) is 11.7 Å². The third kappa shape index (κ3) is 4.27. The minimum absolute atomic E-state index is 0.0558. The van der Waals surface area contributed by atoms with Gasteiger partial charge in [0.2, 0.25) is 0 Å². The maximum Gasteiger partial charge on any atom is 0.295 e. The predicted molar refractivity (Wildman–Crippen MR) is 129 cm³/mol. The van der Waals surface area contributed by atoms with E-state index in [1.807, 2.05) is 35.9 Å². The van der Waals surface area contributed by atoms with E-state index in [2.05, 4.69) is 4.98 Å². The number of nitrogens with zero attached hydrogens (tertiary/aromatic N) is 3. The van der Waals surface area contributed by atoms with Crippen LogP contribution in [0.3, 0.4) is 0 Å². The summed E-state index contributed by atoms with van der Waals surface area (Å²) in [5.41, 5.74) is 2.24. The fourth-order valence-corrected chi connectivity index (χ4v) is 4.84. The summed E-state index contributed by atoms with van der Waals surface area (Å²) in [5, 5.41) is 11.4. The van der Waals surface area contributed by atoms with Crippen molar-refractivity contribution in [3.8, 4) is 11.5 Å². The molecule has 0 saturated carbocycles. The van der Waals surface area contributed by atoms with Crippen LogP contribution in [-0.2, 0) is 22.6 Å². The SMILES string of the molecule is COc1cccc([C@@H]2C(=C(O)c3ccc4c(c3)C[C@H](C)O4)C(=O)C(=O)N2CCCn2ccnc2)c1. The van der Waals surface area contributed by atoms with E-state index in [4.69, 9.17) is 9.47 Å². The molecule has 8 heteroatoms. The van der Waals surface area contributed by atoms with Crippen LogP contribution in [0.25, 0.3) is 5.76 Å². The second-order valence-electron chi connectivity index (χ2n) is 8.88.